The first-order chi connectivity index (χ1) is 15.2. The van der Waals surface area contributed by atoms with Crippen molar-refractivity contribution in [2.24, 2.45) is 5.10 Å². The third-order valence-corrected chi connectivity index (χ3v) is 4.25. The number of hydrazone groups is 1. The second-order valence-corrected chi connectivity index (χ2v) is 6.63. The Balaban J connectivity index is 1.50. The molecule has 7 heteroatoms. The standard InChI is InChI=1S/C24H23N3O4/c1-2-3-15-30-21-12-8-19(9-13-21)24(29)31-22-10-6-18(7-11-22)16-26-27-23(28)20-5-4-14-25-17-20/h4-14,16-17H,2-3,15H2,1H3,(H,27,28)/b26-16+. The van der Waals surface area contributed by atoms with Crippen LogP contribution >= 0.6 is 0 Å². The number of benzene rings is 2. The van der Waals surface area contributed by atoms with Crippen LogP contribution in [0.25, 0.3) is 0 Å². The summed E-state index contributed by atoms with van der Waals surface area (Å²) >= 11 is 0. The molecule has 2 aromatic carbocycles. The number of nitrogens with zero attached hydrogens (tertiary/aromatic N) is 2. The molecule has 0 saturated heterocycles. The van der Waals surface area contributed by atoms with Gasteiger partial charge in [-0.15, -0.1) is 0 Å². The Labute approximate surface area is 180 Å². The molecule has 0 bridgehead atoms. The van der Waals surface area contributed by atoms with Gasteiger partial charge in [0.05, 0.1) is 23.9 Å². The van der Waals surface area contributed by atoms with Gasteiger partial charge in [0.25, 0.3) is 5.91 Å². The predicted molar refractivity (Wildman–Crippen MR) is 118 cm³/mol. The Morgan fingerprint density at radius 2 is 1.74 bits per heavy atom. The van der Waals surface area contributed by atoms with E-state index in [0.29, 0.717) is 23.5 Å². The van der Waals surface area contributed by atoms with Gasteiger partial charge in [0.1, 0.15) is 11.5 Å². The minimum absolute atomic E-state index is 0.350. The SMILES string of the molecule is CCCCOc1ccc(C(=O)Oc2ccc(/C=N/NC(=O)c3cccnc3)cc2)cc1. The normalized spacial score (nSPS) is 10.6. The van der Waals surface area contributed by atoms with Gasteiger partial charge in [0.2, 0.25) is 0 Å². The maximum absolute atomic E-state index is 12.3. The van der Waals surface area contributed by atoms with Crippen LogP contribution in [-0.4, -0.2) is 29.7 Å². The topological polar surface area (TPSA) is 89.9 Å². The van der Waals surface area contributed by atoms with Crippen molar-refractivity contribution >= 4 is 18.1 Å². The molecule has 0 aliphatic rings. The molecule has 158 valence electrons. The molecular formula is C24H23N3O4. The zero-order chi connectivity index (χ0) is 21.9. The van der Waals surface area contributed by atoms with Gasteiger partial charge in [-0.05, 0) is 72.6 Å². The highest BCUT2D eigenvalue weighted by atomic mass is 16.5. The maximum Gasteiger partial charge on any atom is 0.343 e. The molecule has 0 spiro atoms. The third-order valence-electron chi connectivity index (χ3n) is 4.25. The fraction of sp³-hybridized carbons (Fsp3) is 0.167. The molecule has 7 nitrogen and oxygen atoms in total. The smallest absolute Gasteiger partial charge is 0.343 e. The summed E-state index contributed by atoms with van der Waals surface area (Å²) < 4.78 is 11.0. The van der Waals surface area contributed by atoms with Crippen LogP contribution in [0.3, 0.4) is 0 Å². The van der Waals surface area contributed by atoms with Crippen LogP contribution in [-0.2, 0) is 0 Å². The van der Waals surface area contributed by atoms with Crippen LogP contribution < -0.4 is 14.9 Å². The van der Waals surface area contributed by atoms with Gasteiger partial charge in [0, 0.05) is 12.4 Å². The number of carbonyl (C=O) groups excluding carboxylic acids is 2. The zero-order valence-corrected chi connectivity index (χ0v) is 17.2. The van der Waals surface area contributed by atoms with Crippen molar-refractivity contribution in [3.63, 3.8) is 0 Å². The molecule has 0 aliphatic heterocycles. The van der Waals surface area contributed by atoms with Crippen molar-refractivity contribution < 1.29 is 19.1 Å². The van der Waals surface area contributed by atoms with Gasteiger partial charge in [-0.2, -0.15) is 5.10 Å². The van der Waals surface area contributed by atoms with Gasteiger partial charge < -0.3 is 9.47 Å². The van der Waals surface area contributed by atoms with E-state index >= 15 is 0 Å². The average molecular weight is 417 g/mol. The zero-order valence-electron chi connectivity index (χ0n) is 17.2. The molecule has 0 fully saturated rings. The van der Waals surface area contributed by atoms with Crippen LogP contribution in [0.1, 0.15) is 46.0 Å². The first-order valence-electron chi connectivity index (χ1n) is 9.94. The van der Waals surface area contributed by atoms with Gasteiger partial charge in [-0.3, -0.25) is 9.78 Å². The number of pyridine rings is 1. The number of aromatic nitrogens is 1. The van der Waals surface area contributed by atoms with Crippen LogP contribution in [0.15, 0.2) is 78.2 Å². The number of amides is 1. The van der Waals surface area contributed by atoms with Gasteiger partial charge >= 0.3 is 5.97 Å². The van der Waals surface area contributed by atoms with Crippen molar-refractivity contribution in [2.75, 3.05) is 6.61 Å². The van der Waals surface area contributed by atoms with Crippen molar-refractivity contribution in [3.8, 4) is 11.5 Å². The van der Waals surface area contributed by atoms with Crippen LogP contribution in [0.4, 0.5) is 0 Å². The van der Waals surface area contributed by atoms with Crippen molar-refractivity contribution in [1.29, 1.82) is 0 Å². The van der Waals surface area contributed by atoms with E-state index in [-0.39, 0.29) is 5.91 Å². The van der Waals surface area contributed by atoms with Gasteiger partial charge in [0.15, 0.2) is 0 Å². The van der Waals surface area contributed by atoms with E-state index in [1.54, 1.807) is 66.9 Å². The minimum atomic E-state index is -0.453. The molecule has 1 amide bonds. The minimum Gasteiger partial charge on any atom is -0.494 e. The highest BCUT2D eigenvalue weighted by Crippen LogP contribution is 2.16. The summed E-state index contributed by atoms with van der Waals surface area (Å²) in [6, 6.07) is 17.0. The predicted octanol–water partition coefficient (Wildman–Crippen LogP) is 4.24. The lowest BCUT2D eigenvalue weighted by molar-refractivity contribution is 0.0734. The van der Waals surface area contributed by atoms with Crippen molar-refractivity contribution in [1.82, 2.24) is 10.4 Å². The molecule has 0 radical (unpaired) electrons. The molecule has 0 atom stereocenters. The number of carbonyl (C=O) groups is 2. The summed E-state index contributed by atoms with van der Waals surface area (Å²) in [6.07, 6.45) is 6.60. The quantitative estimate of drug-likeness (QED) is 0.185. The van der Waals surface area contributed by atoms with E-state index in [1.165, 1.54) is 12.4 Å². The summed E-state index contributed by atoms with van der Waals surface area (Å²) in [6.45, 7) is 2.76. The van der Waals surface area contributed by atoms with E-state index < -0.39 is 5.97 Å². The Kier molecular flexibility index (Phi) is 7.88. The van der Waals surface area contributed by atoms with Crippen molar-refractivity contribution in [3.05, 3.63) is 89.7 Å². The number of hydrogen-bond acceptors (Lipinski definition) is 6. The highest BCUT2D eigenvalue weighted by molar-refractivity contribution is 5.94. The summed E-state index contributed by atoms with van der Waals surface area (Å²) in [4.78, 5) is 28.1. The largest absolute Gasteiger partial charge is 0.494 e. The fourth-order valence-electron chi connectivity index (χ4n) is 2.54. The van der Waals surface area contributed by atoms with Crippen LogP contribution in [0, 0.1) is 0 Å². The Morgan fingerprint density at radius 3 is 2.42 bits per heavy atom. The fourth-order valence-corrected chi connectivity index (χ4v) is 2.54. The van der Waals surface area contributed by atoms with E-state index in [1.807, 2.05) is 0 Å². The molecule has 0 saturated carbocycles. The number of ether oxygens (including phenoxy) is 2. The number of esters is 1. The van der Waals surface area contributed by atoms with E-state index in [2.05, 4.69) is 22.4 Å². The van der Waals surface area contributed by atoms with Gasteiger partial charge in [-0.1, -0.05) is 13.3 Å². The monoisotopic (exact) mass is 417 g/mol. The number of rotatable bonds is 9. The van der Waals surface area contributed by atoms with Crippen LogP contribution in [0.2, 0.25) is 0 Å². The molecule has 0 aliphatic carbocycles. The molecular weight excluding hydrogens is 394 g/mol. The lowest BCUT2D eigenvalue weighted by Gasteiger charge is -2.07. The number of nitrogens with one attached hydrogen (secondary N) is 1. The lowest BCUT2D eigenvalue weighted by atomic mass is 10.2. The maximum atomic E-state index is 12.3. The molecule has 1 N–H and O–H groups in total. The average Bonchev–Trinajstić information content (AvgIpc) is 2.81. The summed E-state index contributed by atoms with van der Waals surface area (Å²) in [5.41, 5.74) is 4.02. The number of hydrogen-bond donors (Lipinski definition) is 1. The Morgan fingerprint density at radius 1 is 1.00 bits per heavy atom. The van der Waals surface area contributed by atoms with E-state index in [4.69, 9.17) is 9.47 Å². The Hall–Kier alpha value is -4.00. The van der Waals surface area contributed by atoms with Crippen LogP contribution in [0.5, 0.6) is 11.5 Å². The molecule has 1 heterocycles. The first kappa shape index (κ1) is 21.7. The van der Waals surface area contributed by atoms with Crippen molar-refractivity contribution in [2.45, 2.75) is 19.8 Å². The summed E-state index contributed by atoms with van der Waals surface area (Å²) in [5.74, 6) is 0.330. The molecule has 3 rings (SSSR count). The molecule has 0 unspecified atom stereocenters. The molecule has 3 aromatic rings. The van der Waals surface area contributed by atoms with Gasteiger partial charge in [-0.25, -0.2) is 10.2 Å². The third kappa shape index (κ3) is 6.78. The van der Waals surface area contributed by atoms with E-state index in [9.17, 15) is 9.59 Å². The highest BCUT2D eigenvalue weighted by Gasteiger charge is 2.09. The second-order valence-electron chi connectivity index (χ2n) is 6.63. The molecule has 1 aromatic heterocycles. The number of unbranched alkanes of at least 4 members (excludes halogenated alkanes) is 1. The Bertz CT molecular complexity index is 1020. The summed E-state index contributed by atoms with van der Waals surface area (Å²) in [5, 5.41) is 3.92. The first-order valence-corrected chi connectivity index (χ1v) is 9.94. The lowest BCUT2D eigenvalue weighted by Crippen LogP contribution is -2.17. The molecule has 31 heavy (non-hydrogen) atoms. The second kappa shape index (κ2) is 11.3. The van der Waals surface area contributed by atoms with E-state index in [0.717, 1.165) is 24.2 Å². The summed E-state index contributed by atoms with van der Waals surface area (Å²) in [7, 11) is 0.